The van der Waals surface area contributed by atoms with Crippen LogP contribution in [0, 0.1) is 0 Å². The van der Waals surface area contributed by atoms with E-state index in [9.17, 15) is 0 Å². The highest BCUT2D eigenvalue weighted by molar-refractivity contribution is 7.26. The zero-order chi connectivity index (χ0) is 32.1. The van der Waals surface area contributed by atoms with Crippen molar-refractivity contribution in [2.24, 2.45) is 0 Å². The largest absolute Gasteiger partial charge is 0.456 e. The van der Waals surface area contributed by atoms with Crippen LogP contribution >= 0.6 is 11.3 Å². The molecule has 0 unspecified atom stereocenters. The number of aromatic nitrogens is 4. The lowest BCUT2D eigenvalue weighted by Gasteiger charge is -2.12. The van der Waals surface area contributed by atoms with Crippen molar-refractivity contribution in [1.29, 1.82) is 0 Å². The van der Waals surface area contributed by atoms with E-state index >= 15 is 0 Å². The third-order valence-corrected chi connectivity index (χ3v) is 10.9. The van der Waals surface area contributed by atoms with E-state index in [-0.39, 0.29) is 0 Å². The van der Waals surface area contributed by atoms with E-state index in [1.54, 1.807) is 0 Å². The van der Waals surface area contributed by atoms with Crippen LogP contribution in [0.3, 0.4) is 0 Å². The molecule has 11 rings (SSSR count). The maximum atomic E-state index is 6.45. The van der Waals surface area contributed by atoms with Crippen molar-refractivity contribution in [2.75, 3.05) is 0 Å². The molecule has 0 saturated carbocycles. The van der Waals surface area contributed by atoms with Gasteiger partial charge in [-0.1, -0.05) is 115 Å². The summed E-state index contributed by atoms with van der Waals surface area (Å²) in [6.45, 7) is 0. The summed E-state index contributed by atoms with van der Waals surface area (Å²) in [5, 5.41) is 9.30. The molecule has 0 radical (unpaired) electrons. The van der Waals surface area contributed by atoms with Crippen LogP contribution in [0.25, 0.3) is 103 Å². The summed E-state index contributed by atoms with van der Waals surface area (Å²) in [4.78, 5) is 15.7. The summed E-state index contributed by atoms with van der Waals surface area (Å²) >= 11 is 1.84. The van der Waals surface area contributed by atoms with Gasteiger partial charge in [0.15, 0.2) is 11.6 Å². The van der Waals surface area contributed by atoms with Crippen molar-refractivity contribution in [1.82, 2.24) is 19.5 Å². The molecule has 6 heteroatoms. The Bertz CT molecular complexity index is 3120. The molecule has 11 aromatic rings. The number of fused-ring (bicyclic) bond motifs is 12. The molecule has 4 aromatic heterocycles. The van der Waals surface area contributed by atoms with Gasteiger partial charge in [-0.2, -0.15) is 9.97 Å². The van der Waals surface area contributed by atoms with Gasteiger partial charge in [0.1, 0.15) is 11.2 Å². The van der Waals surface area contributed by atoms with Crippen LogP contribution in [0.4, 0.5) is 0 Å². The molecule has 0 aliphatic heterocycles. The SMILES string of the molecule is c1ccc(-c2nc(-c3cc4oc5ccccc5c4c4ccccc34)nc(-n3c4ccccc4c4c5sc6ccccc6c5ccc43)n2)cc1. The molecular weight excluding hydrogens is 621 g/mol. The Labute approximate surface area is 283 Å². The first-order valence-electron chi connectivity index (χ1n) is 16.3. The Morgan fingerprint density at radius 3 is 2.04 bits per heavy atom. The zero-order valence-electron chi connectivity index (χ0n) is 26.0. The highest BCUT2D eigenvalue weighted by Gasteiger charge is 2.22. The minimum atomic E-state index is 0.573. The first kappa shape index (κ1) is 26.7. The van der Waals surface area contributed by atoms with Crippen molar-refractivity contribution in [3.8, 4) is 28.7 Å². The fourth-order valence-electron chi connectivity index (χ4n) is 7.53. The maximum absolute atomic E-state index is 6.45. The van der Waals surface area contributed by atoms with Crippen LogP contribution in [0.15, 0.2) is 150 Å². The van der Waals surface area contributed by atoms with Crippen LogP contribution in [0.2, 0.25) is 0 Å². The molecule has 0 fully saturated rings. The van der Waals surface area contributed by atoms with E-state index in [1.807, 2.05) is 41.7 Å². The molecule has 0 aliphatic rings. The summed E-state index contributed by atoms with van der Waals surface area (Å²) in [5.74, 6) is 1.78. The molecule has 0 spiro atoms. The van der Waals surface area contributed by atoms with Gasteiger partial charge >= 0.3 is 0 Å². The van der Waals surface area contributed by atoms with Gasteiger partial charge < -0.3 is 4.42 Å². The molecule has 0 aliphatic carbocycles. The van der Waals surface area contributed by atoms with Crippen LogP contribution < -0.4 is 0 Å². The second kappa shape index (κ2) is 10.1. The lowest BCUT2D eigenvalue weighted by molar-refractivity contribution is 0.669. The molecule has 228 valence electrons. The third kappa shape index (κ3) is 3.83. The summed E-state index contributed by atoms with van der Waals surface area (Å²) in [6, 6.07) is 50.6. The molecule has 0 amide bonds. The predicted molar refractivity (Wildman–Crippen MR) is 203 cm³/mol. The van der Waals surface area contributed by atoms with Gasteiger partial charge in [0.05, 0.1) is 11.0 Å². The topological polar surface area (TPSA) is 56.7 Å². The van der Waals surface area contributed by atoms with Crippen molar-refractivity contribution < 1.29 is 4.42 Å². The van der Waals surface area contributed by atoms with Gasteiger partial charge in [-0.05, 0) is 41.1 Å². The van der Waals surface area contributed by atoms with Gasteiger partial charge in [0.25, 0.3) is 0 Å². The molecule has 0 N–H and O–H groups in total. The van der Waals surface area contributed by atoms with Gasteiger partial charge in [0.2, 0.25) is 5.95 Å². The first-order chi connectivity index (χ1) is 24.3. The lowest BCUT2D eigenvalue weighted by atomic mass is 9.98. The Morgan fingerprint density at radius 2 is 1.16 bits per heavy atom. The lowest BCUT2D eigenvalue weighted by Crippen LogP contribution is -2.06. The molecule has 49 heavy (non-hydrogen) atoms. The highest BCUT2D eigenvalue weighted by atomic mass is 32.1. The van der Waals surface area contributed by atoms with E-state index in [4.69, 9.17) is 19.4 Å². The summed E-state index contributed by atoms with van der Waals surface area (Å²) in [7, 11) is 0. The summed E-state index contributed by atoms with van der Waals surface area (Å²) in [6.07, 6.45) is 0. The van der Waals surface area contributed by atoms with Crippen molar-refractivity contribution in [3.05, 3.63) is 146 Å². The molecule has 0 bridgehead atoms. The van der Waals surface area contributed by atoms with Crippen molar-refractivity contribution in [3.63, 3.8) is 0 Å². The van der Waals surface area contributed by atoms with Gasteiger partial charge in [-0.25, -0.2) is 4.98 Å². The van der Waals surface area contributed by atoms with E-state index in [0.717, 1.165) is 54.9 Å². The molecule has 0 saturated heterocycles. The van der Waals surface area contributed by atoms with E-state index in [2.05, 4.69) is 120 Å². The Hall–Kier alpha value is -6.37. The Morgan fingerprint density at radius 1 is 0.469 bits per heavy atom. The second-order valence-corrected chi connectivity index (χ2v) is 13.4. The number of hydrogen-bond acceptors (Lipinski definition) is 5. The minimum Gasteiger partial charge on any atom is -0.456 e. The van der Waals surface area contributed by atoms with Gasteiger partial charge in [-0.15, -0.1) is 11.3 Å². The van der Waals surface area contributed by atoms with E-state index in [0.29, 0.717) is 17.6 Å². The van der Waals surface area contributed by atoms with Crippen LogP contribution in [0.1, 0.15) is 0 Å². The number of rotatable bonds is 3. The molecule has 7 aromatic carbocycles. The van der Waals surface area contributed by atoms with Crippen molar-refractivity contribution >= 4 is 86.0 Å². The number of benzene rings is 7. The van der Waals surface area contributed by atoms with Gasteiger partial charge in [-0.3, -0.25) is 4.57 Å². The minimum absolute atomic E-state index is 0.573. The first-order valence-corrected chi connectivity index (χ1v) is 17.1. The van der Waals surface area contributed by atoms with E-state index < -0.39 is 0 Å². The maximum Gasteiger partial charge on any atom is 0.238 e. The molecule has 5 nitrogen and oxygen atoms in total. The highest BCUT2D eigenvalue weighted by Crippen LogP contribution is 2.44. The number of thiophene rings is 1. The van der Waals surface area contributed by atoms with Crippen molar-refractivity contribution in [2.45, 2.75) is 0 Å². The average molecular weight is 645 g/mol. The summed E-state index contributed by atoms with van der Waals surface area (Å²) in [5.41, 5.74) is 5.61. The van der Waals surface area contributed by atoms with Crippen LogP contribution in [-0.2, 0) is 0 Å². The predicted octanol–water partition coefficient (Wildman–Crippen LogP) is 11.7. The number of hydrogen-bond donors (Lipinski definition) is 0. The fourth-order valence-corrected chi connectivity index (χ4v) is 8.78. The van der Waals surface area contributed by atoms with Crippen LogP contribution in [0.5, 0.6) is 0 Å². The van der Waals surface area contributed by atoms with Crippen LogP contribution in [-0.4, -0.2) is 19.5 Å². The standard InChI is InChI=1S/C43H24N4OS/c1-2-12-25(13-3-1)41-44-42(32-24-36-38(28-16-5-4-14-26(28)32)31-18-7-10-20-35(31)48-36)46-43(45-41)47-33-19-9-6-17-30(33)39-34(47)23-22-29-27-15-8-11-21-37(27)49-40(29)39/h1-24H. The third-order valence-electron chi connectivity index (χ3n) is 9.66. The zero-order valence-corrected chi connectivity index (χ0v) is 26.8. The van der Waals surface area contributed by atoms with Gasteiger partial charge in [0, 0.05) is 52.8 Å². The summed E-state index contributed by atoms with van der Waals surface area (Å²) < 4.78 is 11.2. The fraction of sp³-hybridized carbons (Fsp3) is 0. The normalized spacial score (nSPS) is 12.1. The quantitative estimate of drug-likeness (QED) is 0.192. The van der Waals surface area contributed by atoms with E-state index in [1.165, 1.54) is 30.9 Å². The second-order valence-electron chi connectivity index (χ2n) is 12.4. The smallest absolute Gasteiger partial charge is 0.238 e. The molecular formula is C43H24N4OS. The Kier molecular flexibility index (Phi) is 5.48. The monoisotopic (exact) mass is 644 g/mol. The average Bonchev–Trinajstić information content (AvgIpc) is 3.84. The molecule has 4 heterocycles. The Balaban J connectivity index is 1.25. The molecule has 0 atom stereocenters. The number of para-hydroxylation sites is 2. The number of nitrogens with zero attached hydrogens (tertiary/aromatic N) is 4. The number of furan rings is 1.